The molecule has 2 aromatic rings. The first-order valence-corrected chi connectivity index (χ1v) is 7.79. The summed E-state index contributed by atoms with van der Waals surface area (Å²) in [6.07, 6.45) is 3.48. The number of fused-ring (bicyclic) bond motifs is 1. The molecule has 0 radical (unpaired) electrons. The fourth-order valence-corrected chi connectivity index (χ4v) is 2.87. The van der Waals surface area contributed by atoms with E-state index in [2.05, 4.69) is 19.9 Å². The maximum absolute atomic E-state index is 12.9. The number of H-pyrrole nitrogens is 1. The number of carboxylic acids is 1. The normalized spacial score (nSPS) is 17.0. The first kappa shape index (κ1) is 16.1. The first-order valence-electron chi connectivity index (χ1n) is 7.79. The van der Waals surface area contributed by atoms with Gasteiger partial charge in [-0.15, -0.1) is 0 Å². The van der Waals surface area contributed by atoms with Crippen LogP contribution in [0, 0.1) is 6.92 Å². The Morgan fingerprint density at radius 2 is 2.12 bits per heavy atom. The summed E-state index contributed by atoms with van der Waals surface area (Å²) in [5.41, 5.74) is 2.02. The molecular weight excluding hydrogens is 310 g/mol. The zero-order valence-corrected chi connectivity index (χ0v) is 13.8. The number of aryl methyl sites for hydroxylation is 1. The Bertz CT molecular complexity index is 799. The van der Waals surface area contributed by atoms with Crippen molar-refractivity contribution >= 4 is 11.9 Å². The SMILES string of the molecule is Cc1nc(C(C)C)ncc1C(=O)N1CCc2[nH]cnc2[C@@H]1C(=O)O. The van der Waals surface area contributed by atoms with Gasteiger partial charge in [0.1, 0.15) is 5.82 Å². The molecule has 0 unspecified atom stereocenters. The van der Waals surface area contributed by atoms with E-state index in [9.17, 15) is 14.7 Å². The first-order chi connectivity index (χ1) is 11.4. The molecule has 0 bridgehead atoms. The maximum atomic E-state index is 12.9. The molecule has 0 fully saturated rings. The number of hydrogen-bond donors (Lipinski definition) is 2. The molecule has 1 aliphatic rings. The van der Waals surface area contributed by atoms with E-state index < -0.39 is 12.0 Å². The highest BCUT2D eigenvalue weighted by Crippen LogP contribution is 2.29. The van der Waals surface area contributed by atoms with Crippen LogP contribution in [0.15, 0.2) is 12.5 Å². The molecule has 0 saturated carbocycles. The second kappa shape index (κ2) is 6.03. The number of nitrogens with zero attached hydrogens (tertiary/aromatic N) is 4. The largest absolute Gasteiger partial charge is 0.479 e. The Kier molecular flexibility index (Phi) is 4.04. The summed E-state index contributed by atoms with van der Waals surface area (Å²) in [4.78, 5) is 41.5. The summed E-state index contributed by atoms with van der Waals surface area (Å²) in [6, 6.07) is -1.10. The molecule has 0 aromatic carbocycles. The van der Waals surface area contributed by atoms with Crippen molar-refractivity contribution in [2.45, 2.75) is 39.2 Å². The lowest BCUT2D eigenvalue weighted by molar-refractivity contribution is -0.143. The van der Waals surface area contributed by atoms with Crippen LogP contribution in [0.2, 0.25) is 0 Å². The molecule has 24 heavy (non-hydrogen) atoms. The Hall–Kier alpha value is -2.77. The lowest BCUT2D eigenvalue weighted by Crippen LogP contribution is -2.44. The van der Waals surface area contributed by atoms with Gasteiger partial charge >= 0.3 is 5.97 Å². The third kappa shape index (κ3) is 2.64. The smallest absolute Gasteiger partial charge is 0.332 e. The number of amides is 1. The van der Waals surface area contributed by atoms with Crippen LogP contribution >= 0.6 is 0 Å². The number of hydrogen-bond acceptors (Lipinski definition) is 5. The second-order valence-electron chi connectivity index (χ2n) is 6.14. The molecule has 0 aliphatic carbocycles. The van der Waals surface area contributed by atoms with Crippen LogP contribution in [-0.4, -0.2) is 48.4 Å². The van der Waals surface area contributed by atoms with Crippen LogP contribution in [0.3, 0.4) is 0 Å². The molecular formula is C16H19N5O3. The molecule has 1 amide bonds. The standard InChI is InChI=1S/C16H19N5O3/c1-8(2)14-17-6-10(9(3)20-14)15(22)21-5-4-11-12(19-7-18-11)13(21)16(23)24/h6-8,13H,4-5H2,1-3H3,(H,18,19)(H,23,24)/t13-/m1/s1. The van der Waals surface area contributed by atoms with Crippen molar-refractivity contribution in [2.75, 3.05) is 6.54 Å². The van der Waals surface area contributed by atoms with Crippen molar-refractivity contribution < 1.29 is 14.7 Å². The van der Waals surface area contributed by atoms with Gasteiger partial charge in [-0.2, -0.15) is 0 Å². The molecule has 8 heteroatoms. The van der Waals surface area contributed by atoms with Crippen molar-refractivity contribution in [2.24, 2.45) is 0 Å². The Morgan fingerprint density at radius 3 is 2.75 bits per heavy atom. The predicted octanol–water partition coefficient (Wildman–Crippen LogP) is 1.46. The number of rotatable bonds is 3. The highest BCUT2D eigenvalue weighted by Gasteiger charge is 2.38. The Morgan fingerprint density at radius 1 is 1.38 bits per heavy atom. The van der Waals surface area contributed by atoms with Crippen molar-refractivity contribution in [3.63, 3.8) is 0 Å². The number of carboxylic acid groups (broad SMARTS) is 1. The summed E-state index contributed by atoms with van der Waals surface area (Å²) in [5.74, 6) is -0.675. The topological polar surface area (TPSA) is 112 Å². The maximum Gasteiger partial charge on any atom is 0.332 e. The fourth-order valence-electron chi connectivity index (χ4n) is 2.87. The molecule has 8 nitrogen and oxygen atoms in total. The number of aliphatic carboxylic acids is 1. The van der Waals surface area contributed by atoms with Crippen LogP contribution in [-0.2, 0) is 11.2 Å². The highest BCUT2D eigenvalue weighted by atomic mass is 16.4. The van der Waals surface area contributed by atoms with Gasteiger partial charge in [0.2, 0.25) is 0 Å². The minimum Gasteiger partial charge on any atom is -0.479 e. The summed E-state index contributed by atoms with van der Waals surface area (Å²) < 4.78 is 0. The van der Waals surface area contributed by atoms with E-state index in [1.54, 1.807) is 6.92 Å². The third-order valence-electron chi connectivity index (χ3n) is 4.16. The summed E-state index contributed by atoms with van der Waals surface area (Å²) >= 11 is 0. The molecule has 0 saturated heterocycles. The van der Waals surface area contributed by atoms with Gasteiger partial charge in [-0.25, -0.2) is 19.7 Å². The average Bonchev–Trinajstić information content (AvgIpc) is 3.01. The quantitative estimate of drug-likeness (QED) is 0.881. The number of imidazole rings is 1. The van der Waals surface area contributed by atoms with Crippen molar-refractivity contribution in [1.29, 1.82) is 0 Å². The van der Waals surface area contributed by atoms with Crippen LogP contribution in [0.4, 0.5) is 0 Å². The van der Waals surface area contributed by atoms with Gasteiger partial charge in [0.05, 0.1) is 23.3 Å². The lowest BCUT2D eigenvalue weighted by atomic mass is 10.0. The van der Waals surface area contributed by atoms with E-state index in [4.69, 9.17) is 0 Å². The van der Waals surface area contributed by atoms with Crippen LogP contribution < -0.4 is 0 Å². The summed E-state index contributed by atoms with van der Waals surface area (Å²) in [6.45, 7) is 5.98. The fraction of sp³-hybridized carbons (Fsp3) is 0.438. The second-order valence-corrected chi connectivity index (χ2v) is 6.14. The van der Waals surface area contributed by atoms with E-state index in [-0.39, 0.29) is 11.8 Å². The van der Waals surface area contributed by atoms with E-state index in [0.717, 1.165) is 5.69 Å². The van der Waals surface area contributed by atoms with E-state index in [0.29, 0.717) is 35.7 Å². The van der Waals surface area contributed by atoms with Gasteiger partial charge in [0.25, 0.3) is 5.91 Å². The molecule has 0 spiro atoms. The van der Waals surface area contributed by atoms with Crippen molar-refractivity contribution in [3.05, 3.63) is 41.0 Å². The summed E-state index contributed by atoms with van der Waals surface area (Å²) in [7, 11) is 0. The zero-order chi connectivity index (χ0) is 17.4. The van der Waals surface area contributed by atoms with E-state index in [1.807, 2.05) is 13.8 Å². The zero-order valence-electron chi connectivity index (χ0n) is 13.8. The molecule has 2 aromatic heterocycles. The van der Waals surface area contributed by atoms with Gasteiger partial charge in [-0.3, -0.25) is 4.79 Å². The predicted molar refractivity (Wildman–Crippen MR) is 84.6 cm³/mol. The minimum atomic E-state index is -1.10. The molecule has 2 N–H and O–H groups in total. The third-order valence-corrected chi connectivity index (χ3v) is 4.16. The van der Waals surface area contributed by atoms with Gasteiger partial charge < -0.3 is 15.0 Å². The van der Waals surface area contributed by atoms with Crippen molar-refractivity contribution in [3.8, 4) is 0 Å². The molecule has 126 valence electrons. The summed E-state index contributed by atoms with van der Waals surface area (Å²) in [5, 5.41) is 9.58. The molecule has 3 rings (SSSR count). The number of carbonyl (C=O) groups excluding carboxylic acids is 1. The van der Waals surface area contributed by atoms with Gasteiger partial charge in [-0.1, -0.05) is 13.8 Å². The van der Waals surface area contributed by atoms with E-state index in [1.165, 1.54) is 17.4 Å². The van der Waals surface area contributed by atoms with Crippen LogP contribution in [0.1, 0.15) is 59.1 Å². The highest BCUT2D eigenvalue weighted by molar-refractivity contribution is 5.97. The van der Waals surface area contributed by atoms with Crippen molar-refractivity contribution in [1.82, 2.24) is 24.8 Å². The number of carbonyl (C=O) groups is 2. The van der Waals surface area contributed by atoms with E-state index >= 15 is 0 Å². The molecule has 1 aliphatic heterocycles. The number of aromatic nitrogens is 4. The minimum absolute atomic E-state index is 0.154. The monoisotopic (exact) mass is 329 g/mol. The number of aromatic amines is 1. The molecule has 1 atom stereocenters. The van der Waals surface area contributed by atoms with Gasteiger partial charge in [-0.05, 0) is 6.92 Å². The Labute approximate surface area is 139 Å². The Balaban J connectivity index is 1.96. The van der Waals surface area contributed by atoms with Gasteiger partial charge in [0.15, 0.2) is 6.04 Å². The lowest BCUT2D eigenvalue weighted by Gasteiger charge is -2.32. The van der Waals surface area contributed by atoms with Crippen LogP contribution in [0.5, 0.6) is 0 Å². The average molecular weight is 329 g/mol. The number of nitrogens with one attached hydrogen (secondary N) is 1. The molecule has 3 heterocycles. The van der Waals surface area contributed by atoms with Crippen LogP contribution in [0.25, 0.3) is 0 Å². The van der Waals surface area contributed by atoms with Gasteiger partial charge in [0, 0.05) is 30.8 Å².